The molecule has 0 radical (unpaired) electrons. The zero-order valence-electron chi connectivity index (χ0n) is 14.1. The number of methoxy groups -OCH3 is 1. The van der Waals surface area contributed by atoms with E-state index in [0.29, 0.717) is 13.0 Å². The summed E-state index contributed by atoms with van der Waals surface area (Å²) < 4.78 is 5.29. The lowest BCUT2D eigenvalue weighted by Crippen LogP contribution is -2.27. The second-order valence-corrected chi connectivity index (χ2v) is 6.75. The highest BCUT2D eigenvalue weighted by molar-refractivity contribution is 5.76. The fourth-order valence-corrected chi connectivity index (χ4v) is 2.24. The molecule has 0 heterocycles. The molecule has 1 aromatic rings. The number of hydrogen-bond acceptors (Lipinski definition) is 2. The maximum Gasteiger partial charge on any atom is 0.220 e. The van der Waals surface area contributed by atoms with Crippen molar-refractivity contribution in [1.29, 1.82) is 0 Å². The predicted octanol–water partition coefficient (Wildman–Crippen LogP) is 4.09. The molecule has 1 amide bonds. The quantitative estimate of drug-likeness (QED) is 0.821. The van der Waals surface area contributed by atoms with Gasteiger partial charge in [-0.2, -0.15) is 0 Å². The summed E-state index contributed by atoms with van der Waals surface area (Å²) in [7, 11) is 1.67. The number of carbonyl (C=O) groups excluding carboxylic acids is 1. The minimum absolute atomic E-state index is 0.0174. The van der Waals surface area contributed by atoms with Gasteiger partial charge in [0, 0.05) is 13.0 Å². The summed E-state index contributed by atoms with van der Waals surface area (Å²) in [5.41, 5.74) is 2.47. The molecule has 118 valence electrons. The highest BCUT2D eigenvalue weighted by Gasteiger charge is 2.16. The van der Waals surface area contributed by atoms with Crippen LogP contribution in [-0.2, 0) is 17.8 Å². The molecule has 0 atom stereocenters. The Morgan fingerprint density at radius 1 is 1.24 bits per heavy atom. The van der Waals surface area contributed by atoms with Crippen LogP contribution >= 0.6 is 0 Å². The maximum absolute atomic E-state index is 12.0. The topological polar surface area (TPSA) is 38.3 Å². The third kappa shape index (κ3) is 6.65. The van der Waals surface area contributed by atoms with Crippen LogP contribution in [-0.4, -0.2) is 13.0 Å². The van der Waals surface area contributed by atoms with Crippen molar-refractivity contribution < 1.29 is 9.53 Å². The van der Waals surface area contributed by atoms with Crippen molar-refractivity contribution in [3.63, 3.8) is 0 Å². The van der Waals surface area contributed by atoms with E-state index in [2.05, 4.69) is 39.1 Å². The molecule has 0 saturated heterocycles. The highest BCUT2D eigenvalue weighted by atomic mass is 16.5. The fraction of sp³-hybridized carbons (Fsp3) is 0.611. The molecule has 0 fully saturated rings. The Hall–Kier alpha value is -1.51. The van der Waals surface area contributed by atoms with E-state index in [1.807, 2.05) is 12.1 Å². The molecular formula is C18H29NO2. The Kier molecular flexibility index (Phi) is 6.73. The van der Waals surface area contributed by atoms with E-state index in [-0.39, 0.29) is 11.3 Å². The number of carbonyl (C=O) groups is 1. The lowest BCUT2D eigenvalue weighted by molar-refractivity contribution is -0.122. The molecule has 1 rings (SSSR count). The lowest BCUT2D eigenvalue weighted by atomic mass is 9.92. The Morgan fingerprint density at radius 3 is 2.52 bits per heavy atom. The van der Waals surface area contributed by atoms with Crippen molar-refractivity contribution in [2.75, 3.05) is 7.11 Å². The van der Waals surface area contributed by atoms with Gasteiger partial charge in [0.25, 0.3) is 0 Å². The van der Waals surface area contributed by atoms with Gasteiger partial charge in [-0.3, -0.25) is 4.79 Å². The van der Waals surface area contributed by atoms with Crippen LogP contribution in [0.4, 0.5) is 0 Å². The molecule has 0 aliphatic heterocycles. The number of unbranched alkanes of at least 4 members (excludes halogenated alkanes) is 1. The van der Waals surface area contributed by atoms with E-state index >= 15 is 0 Å². The predicted molar refractivity (Wildman–Crippen MR) is 87.5 cm³/mol. The molecular weight excluding hydrogens is 262 g/mol. The first-order valence-electron chi connectivity index (χ1n) is 7.78. The van der Waals surface area contributed by atoms with Crippen LogP contribution in [0.1, 0.15) is 58.1 Å². The maximum atomic E-state index is 12.0. The van der Waals surface area contributed by atoms with Crippen LogP contribution in [0.2, 0.25) is 0 Å². The second kappa shape index (κ2) is 8.06. The van der Waals surface area contributed by atoms with E-state index in [0.717, 1.165) is 24.2 Å². The highest BCUT2D eigenvalue weighted by Crippen LogP contribution is 2.21. The molecule has 1 N–H and O–H groups in total. The average Bonchev–Trinajstić information content (AvgIpc) is 2.41. The van der Waals surface area contributed by atoms with E-state index in [1.165, 1.54) is 12.0 Å². The van der Waals surface area contributed by atoms with Gasteiger partial charge < -0.3 is 10.1 Å². The Balaban J connectivity index is 2.72. The van der Waals surface area contributed by atoms with Crippen LogP contribution in [0.15, 0.2) is 18.2 Å². The molecule has 3 nitrogen and oxygen atoms in total. The summed E-state index contributed by atoms with van der Waals surface area (Å²) in [4.78, 5) is 12.0. The van der Waals surface area contributed by atoms with Gasteiger partial charge >= 0.3 is 0 Å². The summed E-state index contributed by atoms with van der Waals surface area (Å²) in [6.45, 7) is 8.99. The van der Waals surface area contributed by atoms with E-state index in [9.17, 15) is 4.79 Å². The van der Waals surface area contributed by atoms with Crippen molar-refractivity contribution in [3.05, 3.63) is 29.3 Å². The summed E-state index contributed by atoms with van der Waals surface area (Å²) in [5.74, 6) is 0.946. The number of rotatable bonds is 7. The first-order valence-corrected chi connectivity index (χ1v) is 7.78. The minimum atomic E-state index is 0.0174. The van der Waals surface area contributed by atoms with Crippen molar-refractivity contribution in [2.45, 2.75) is 59.9 Å². The summed E-state index contributed by atoms with van der Waals surface area (Å²) in [6.07, 6.45) is 3.92. The molecule has 3 heteroatoms. The molecule has 0 saturated carbocycles. The van der Waals surface area contributed by atoms with Crippen molar-refractivity contribution in [2.24, 2.45) is 5.41 Å². The van der Waals surface area contributed by atoms with Gasteiger partial charge in [-0.25, -0.2) is 0 Å². The van der Waals surface area contributed by atoms with Gasteiger partial charge in [0.1, 0.15) is 5.75 Å². The van der Waals surface area contributed by atoms with E-state index < -0.39 is 0 Å². The Bertz CT molecular complexity index is 461. The monoisotopic (exact) mass is 291 g/mol. The second-order valence-electron chi connectivity index (χ2n) is 6.75. The fourth-order valence-electron chi connectivity index (χ4n) is 2.24. The van der Waals surface area contributed by atoms with Crippen LogP contribution in [0.5, 0.6) is 5.75 Å². The largest absolute Gasteiger partial charge is 0.497 e. The van der Waals surface area contributed by atoms with Crippen LogP contribution < -0.4 is 10.1 Å². The lowest BCUT2D eigenvalue weighted by Gasteiger charge is -2.18. The first kappa shape index (κ1) is 17.5. The van der Waals surface area contributed by atoms with Gasteiger partial charge in [-0.1, -0.05) is 40.2 Å². The first-order chi connectivity index (χ1) is 9.85. The van der Waals surface area contributed by atoms with E-state index in [1.54, 1.807) is 7.11 Å². The van der Waals surface area contributed by atoms with Gasteiger partial charge in [0.15, 0.2) is 0 Å². The van der Waals surface area contributed by atoms with Crippen LogP contribution in [0.25, 0.3) is 0 Å². The minimum Gasteiger partial charge on any atom is -0.497 e. The van der Waals surface area contributed by atoms with Gasteiger partial charge in [0.05, 0.1) is 7.11 Å². The number of nitrogens with one attached hydrogen (secondary N) is 1. The molecule has 0 aliphatic rings. The zero-order valence-corrected chi connectivity index (χ0v) is 14.1. The third-order valence-electron chi connectivity index (χ3n) is 3.38. The number of hydrogen-bond donors (Lipinski definition) is 1. The van der Waals surface area contributed by atoms with Crippen molar-refractivity contribution in [1.82, 2.24) is 5.32 Å². The van der Waals surface area contributed by atoms with Gasteiger partial charge in [-0.15, -0.1) is 0 Å². The smallest absolute Gasteiger partial charge is 0.220 e. The van der Waals surface area contributed by atoms with E-state index in [4.69, 9.17) is 4.74 Å². The summed E-state index contributed by atoms with van der Waals surface area (Å²) in [5, 5.41) is 3.03. The number of aryl methyl sites for hydroxylation is 1. The van der Waals surface area contributed by atoms with Crippen molar-refractivity contribution >= 4 is 5.91 Å². The van der Waals surface area contributed by atoms with Crippen molar-refractivity contribution in [3.8, 4) is 5.75 Å². The average molecular weight is 291 g/mol. The Labute approximate surface area is 129 Å². The normalized spacial score (nSPS) is 11.3. The zero-order chi connectivity index (χ0) is 15.9. The summed E-state index contributed by atoms with van der Waals surface area (Å²) >= 11 is 0. The van der Waals surface area contributed by atoms with Gasteiger partial charge in [-0.05, 0) is 41.5 Å². The third-order valence-corrected chi connectivity index (χ3v) is 3.38. The van der Waals surface area contributed by atoms with Gasteiger partial charge in [0.2, 0.25) is 5.91 Å². The SMILES string of the molecule is CCCCc1ccc(OC)cc1CNC(=O)CC(C)(C)C. The van der Waals surface area contributed by atoms with Crippen LogP contribution in [0, 0.1) is 5.41 Å². The number of ether oxygens (including phenoxy) is 1. The molecule has 21 heavy (non-hydrogen) atoms. The molecule has 0 spiro atoms. The standard InChI is InChI=1S/C18H29NO2/c1-6-7-8-14-9-10-16(21-5)11-15(14)13-19-17(20)12-18(2,3)4/h9-11H,6-8,12-13H2,1-5H3,(H,19,20). The molecule has 0 aromatic heterocycles. The molecule has 0 bridgehead atoms. The number of amides is 1. The van der Waals surface area contributed by atoms with Crippen LogP contribution in [0.3, 0.4) is 0 Å². The molecule has 0 aliphatic carbocycles. The Morgan fingerprint density at radius 2 is 1.95 bits per heavy atom. The molecule has 1 aromatic carbocycles. The molecule has 0 unspecified atom stereocenters. The number of benzene rings is 1. The summed E-state index contributed by atoms with van der Waals surface area (Å²) in [6, 6.07) is 6.13.